The van der Waals surface area contributed by atoms with Crippen molar-refractivity contribution in [2.24, 2.45) is 0 Å². The van der Waals surface area contributed by atoms with E-state index in [-0.39, 0.29) is 11.3 Å². The van der Waals surface area contributed by atoms with Gasteiger partial charge in [-0.1, -0.05) is 48.0 Å². The maximum atomic E-state index is 14.0. The number of rotatable bonds is 6. The van der Waals surface area contributed by atoms with Crippen LogP contribution in [0.15, 0.2) is 53.9 Å². The molecule has 138 valence electrons. The summed E-state index contributed by atoms with van der Waals surface area (Å²) in [6.45, 7) is 0. The number of thiazole rings is 1. The first-order chi connectivity index (χ1) is 13.0. The maximum absolute atomic E-state index is 14.0. The van der Waals surface area contributed by atoms with Crippen molar-refractivity contribution in [3.05, 3.63) is 76.0 Å². The first kappa shape index (κ1) is 19.0. The molecule has 0 radical (unpaired) electrons. The van der Waals surface area contributed by atoms with Gasteiger partial charge in [-0.25, -0.2) is 9.37 Å². The summed E-state index contributed by atoms with van der Waals surface area (Å²) in [6.07, 6.45) is -0.450. The fourth-order valence-electron chi connectivity index (χ4n) is 2.54. The van der Waals surface area contributed by atoms with Gasteiger partial charge in [0.25, 0.3) is 5.91 Å². The smallest absolute Gasteiger partial charge is 0.305 e. The van der Waals surface area contributed by atoms with E-state index in [1.807, 2.05) is 6.07 Å². The van der Waals surface area contributed by atoms with E-state index in [9.17, 15) is 14.0 Å². The second-order valence-corrected chi connectivity index (χ2v) is 6.93. The van der Waals surface area contributed by atoms with Gasteiger partial charge < -0.3 is 10.4 Å². The summed E-state index contributed by atoms with van der Waals surface area (Å²) in [5.41, 5.74) is 0.913. The Balaban J connectivity index is 1.83. The van der Waals surface area contributed by atoms with E-state index in [1.165, 1.54) is 29.5 Å². The Bertz CT molecular complexity index is 992. The predicted molar refractivity (Wildman–Crippen MR) is 101 cm³/mol. The van der Waals surface area contributed by atoms with Crippen LogP contribution in [-0.4, -0.2) is 22.0 Å². The van der Waals surface area contributed by atoms with E-state index in [2.05, 4.69) is 10.3 Å². The number of benzene rings is 2. The van der Waals surface area contributed by atoms with Crippen LogP contribution in [0.1, 0.15) is 28.5 Å². The van der Waals surface area contributed by atoms with Crippen LogP contribution in [-0.2, 0) is 4.79 Å². The van der Waals surface area contributed by atoms with Crippen molar-refractivity contribution in [1.29, 1.82) is 0 Å². The summed E-state index contributed by atoms with van der Waals surface area (Å²) in [7, 11) is 0. The van der Waals surface area contributed by atoms with Crippen LogP contribution in [0.25, 0.3) is 10.6 Å². The molecule has 3 aromatic rings. The summed E-state index contributed by atoms with van der Waals surface area (Å²) < 4.78 is 14.0. The van der Waals surface area contributed by atoms with Crippen LogP contribution in [0.5, 0.6) is 0 Å². The van der Waals surface area contributed by atoms with Crippen LogP contribution in [0.2, 0.25) is 5.02 Å². The van der Waals surface area contributed by atoms with Crippen LogP contribution >= 0.6 is 22.9 Å². The number of aromatic nitrogens is 1. The first-order valence-corrected chi connectivity index (χ1v) is 9.19. The van der Waals surface area contributed by atoms with Crippen molar-refractivity contribution >= 4 is 34.8 Å². The zero-order valence-corrected chi connectivity index (χ0v) is 15.4. The topological polar surface area (TPSA) is 79.3 Å². The number of nitrogens with zero attached hydrogens (tertiary/aromatic N) is 1. The van der Waals surface area contributed by atoms with Gasteiger partial charge in [0, 0.05) is 16.5 Å². The summed E-state index contributed by atoms with van der Waals surface area (Å²) in [5.74, 6) is -2.32. The van der Waals surface area contributed by atoms with Gasteiger partial charge in [-0.3, -0.25) is 9.59 Å². The molecule has 2 N–H and O–H groups in total. The Morgan fingerprint density at radius 2 is 1.89 bits per heavy atom. The quantitative estimate of drug-likeness (QED) is 0.631. The van der Waals surface area contributed by atoms with E-state index < -0.39 is 30.2 Å². The molecule has 1 heterocycles. The predicted octanol–water partition coefficient (Wildman–Crippen LogP) is 4.55. The standard InChI is InChI=1S/C19H14ClFN2O3S/c20-13-7-3-1-5-11(13)19-23-16(10-27-19)18(26)22-15(9-17(24)25)12-6-2-4-8-14(12)21/h1-8,10,15H,9H2,(H,22,26)(H,24,25). The van der Waals surface area contributed by atoms with Gasteiger partial charge in [0.1, 0.15) is 16.5 Å². The van der Waals surface area contributed by atoms with E-state index >= 15 is 0 Å². The average molecular weight is 405 g/mol. The summed E-state index contributed by atoms with van der Waals surface area (Å²) in [5, 5.41) is 14.3. The zero-order chi connectivity index (χ0) is 19.4. The van der Waals surface area contributed by atoms with Crippen LogP contribution < -0.4 is 5.32 Å². The number of halogens is 2. The summed E-state index contributed by atoms with van der Waals surface area (Å²) >= 11 is 7.38. The highest BCUT2D eigenvalue weighted by Gasteiger charge is 2.23. The van der Waals surface area contributed by atoms with Crippen molar-refractivity contribution in [2.45, 2.75) is 12.5 Å². The molecule has 0 spiro atoms. The molecule has 0 fully saturated rings. The Morgan fingerprint density at radius 1 is 1.19 bits per heavy atom. The van der Waals surface area contributed by atoms with Gasteiger partial charge >= 0.3 is 5.97 Å². The molecule has 1 unspecified atom stereocenters. The van der Waals surface area contributed by atoms with Crippen LogP contribution in [0.4, 0.5) is 4.39 Å². The Kier molecular flexibility index (Phi) is 5.83. The lowest BCUT2D eigenvalue weighted by molar-refractivity contribution is -0.137. The van der Waals surface area contributed by atoms with Gasteiger partial charge in [0.15, 0.2) is 0 Å². The highest BCUT2D eigenvalue weighted by molar-refractivity contribution is 7.13. The van der Waals surface area contributed by atoms with E-state index in [1.54, 1.807) is 29.6 Å². The molecule has 27 heavy (non-hydrogen) atoms. The average Bonchev–Trinajstić information content (AvgIpc) is 3.11. The van der Waals surface area contributed by atoms with Crippen molar-refractivity contribution in [2.75, 3.05) is 0 Å². The van der Waals surface area contributed by atoms with Gasteiger partial charge in [-0.2, -0.15) is 0 Å². The van der Waals surface area contributed by atoms with Gasteiger partial charge in [-0.05, 0) is 12.1 Å². The molecule has 0 saturated heterocycles. The first-order valence-electron chi connectivity index (χ1n) is 7.93. The summed E-state index contributed by atoms with van der Waals surface area (Å²) in [4.78, 5) is 27.9. The zero-order valence-electron chi connectivity index (χ0n) is 13.9. The van der Waals surface area contributed by atoms with Gasteiger partial charge in [0.05, 0.1) is 17.5 Å². The number of hydrogen-bond acceptors (Lipinski definition) is 4. The molecule has 8 heteroatoms. The van der Waals surface area contributed by atoms with E-state index in [0.717, 1.165) is 0 Å². The van der Waals surface area contributed by atoms with Crippen molar-refractivity contribution in [3.8, 4) is 10.6 Å². The third kappa shape index (κ3) is 4.50. The Morgan fingerprint density at radius 3 is 2.59 bits per heavy atom. The molecule has 2 aromatic carbocycles. The van der Waals surface area contributed by atoms with Crippen molar-refractivity contribution in [1.82, 2.24) is 10.3 Å². The lowest BCUT2D eigenvalue weighted by atomic mass is 10.0. The van der Waals surface area contributed by atoms with E-state index in [0.29, 0.717) is 15.6 Å². The Hall–Kier alpha value is -2.77. The molecule has 5 nitrogen and oxygen atoms in total. The SMILES string of the molecule is O=C(O)CC(NC(=O)c1csc(-c2ccccc2Cl)n1)c1ccccc1F. The van der Waals surface area contributed by atoms with Gasteiger partial charge in [-0.15, -0.1) is 11.3 Å². The molecule has 0 aliphatic rings. The number of nitrogens with one attached hydrogen (secondary N) is 1. The number of carboxylic acid groups (broad SMARTS) is 1. The minimum Gasteiger partial charge on any atom is -0.481 e. The third-order valence-corrected chi connectivity index (χ3v) is 5.01. The number of carbonyl (C=O) groups excluding carboxylic acids is 1. The number of carbonyl (C=O) groups is 2. The number of amides is 1. The normalized spacial score (nSPS) is 11.8. The highest BCUT2D eigenvalue weighted by Crippen LogP contribution is 2.30. The van der Waals surface area contributed by atoms with Gasteiger partial charge in [0.2, 0.25) is 0 Å². The fourth-order valence-corrected chi connectivity index (χ4v) is 3.66. The minimum absolute atomic E-state index is 0.106. The number of carboxylic acids is 1. The minimum atomic E-state index is -1.15. The molecule has 1 atom stereocenters. The molecular weight excluding hydrogens is 391 g/mol. The summed E-state index contributed by atoms with van der Waals surface area (Å²) in [6, 6.07) is 11.8. The molecular formula is C19H14ClFN2O3S. The molecule has 3 rings (SSSR count). The fraction of sp³-hybridized carbons (Fsp3) is 0.105. The van der Waals surface area contributed by atoms with Crippen molar-refractivity contribution < 1.29 is 19.1 Å². The van der Waals surface area contributed by atoms with Crippen LogP contribution in [0.3, 0.4) is 0 Å². The monoisotopic (exact) mass is 404 g/mol. The number of aliphatic carboxylic acids is 1. The van der Waals surface area contributed by atoms with Crippen molar-refractivity contribution in [3.63, 3.8) is 0 Å². The highest BCUT2D eigenvalue weighted by atomic mass is 35.5. The number of hydrogen-bond donors (Lipinski definition) is 2. The Labute approximate surface area is 163 Å². The molecule has 1 aromatic heterocycles. The van der Waals surface area contributed by atoms with E-state index in [4.69, 9.17) is 16.7 Å². The van der Waals surface area contributed by atoms with Crippen LogP contribution in [0, 0.1) is 5.82 Å². The molecule has 0 aliphatic carbocycles. The maximum Gasteiger partial charge on any atom is 0.305 e. The molecule has 1 amide bonds. The molecule has 0 bridgehead atoms. The molecule has 0 saturated carbocycles. The second-order valence-electron chi connectivity index (χ2n) is 5.66. The lowest BCUT2D eigenvalue weighted by Gasteiger charge is -2.17. The molecule has 0 aliphatic heterocycles. The lowest BCUT2D eigenvalue weighted by Crippen LogP contribution is -2.31. The third-order valence-electron chi connectivity index (χ3n) is 3.81. The second kappa shape index (κ2) is 8.28. The largest absolute Gasteiger partial charge is 0.481 e.